The van der Waals surface area contributed by atoms with Crippen molar-refractivity contribution in [2.45, 2.75) is 20.0 Å². The Kier molecular flexibility index (Phi) is 3.57. The molecule has 0 radical (unpaired) electrons. The number of nitro groups is 1. The van der Waals surface area contributed by atoms with Crippen LogP contribution in [0, 0.1) is 10.1 Å². The molecule has 0 spiro atoms. The van der Waals surface area contributed by atoms with Gasteiger partial charge in [-0.1, -0.05) is 0 Å². The van der Waals surface area contributed by atoms with Gasteiger partial charge in [0.25, 0.3) is 5.69 Å². The van der Waals surface area contributed by atoms with Crippen molar-refractivity contribution < 1.29 is 14.8 Å². The van der Waals surface area contributed by atoms with Crippen LogP contribution < -0.4 is 5.32 Å². The number of nitrogens with one attached hydrogen (secondary N) is 1. The lowest BCUT2D eigenvalue weighted by atomic mass is 10.1. The topological polar surface area (TPSA) is 92.5 Å². The Labute approximate surface area is 92.0 Å². The summed E-state index contributed by atoms with van der Waals surface area (Å²) in [4.78, 5) is 21.0. The molecule has 0 aliphatic rings. The van der Waals surface area contributed by atoms with E-state index in [9.17, 15) is 20.0 Å². The van der Waals surface area contributed by atoms with E-state index in [1.165, 1.54) is 25.1 Å². The highest BCUT2D eigenvalue weighted by atomic mass is 16.6. The third-order valence-electron chi connectivity index (χ3n) is 2.01. The highest BCUT2D eigenvalue weighted by Crippen LogP contribution is 2.27. The molecule has 1 atom stereocenters. The number of amides is 1. The van der Waals surface area contributed by atoms with Crippen LogP contribution in [0.5, 0.6) is 0 Å². The van der Waals surface area contributed by atoms with Crippen molar-refractivity contribution in [3.63, 3.8) is 0 Å². The van der Waals surface area contributed by atoms with E-state index >= 15 is 0 Å². The predicted molar refractivity (Wildman–Crippen MR) is 58.0 cm³/mol. The first kappa shape index (κ1) is 12.1. The minimum absolute atomic E-state index is 0.0934. The summed E-state index contributed by atoms with van der Waals surface area (Å²) >= 11 is 0. The van der Waals surface area contributed by atoms with Gasteiger partial charge in [-0.3, -0.25) is 14.9 Å². The number of nitrogens with zero attached hydrogens (tertiary/aromatic N) is 1. The summed E-state index contributed by atoms with van der Waals surface area (Å²) in [5, 5.41) is 22.4. The molecule has 6 nitrogen and oxygen atoms in total. The molecule has 0 fully saturated rings. The highest BCUT2D eigenvalue weighted by Gasteiger charge is 2.16. The minimum Gasteiger partial charge on any atom is -0.389 e. The quantitative estimate of drug-likeness (QED) is 0.602. The molecule has 1 aromatic rings. The summed E-state index contributed by atoms with van der Waals surface area (Å²) in [7, 11) is 0. The maximum absolute atomic E-state index is 10.9. The van der Waals surface area contributed by atoms with Gasteiger partial charge >= 0.3 is 0 Å². The van der Waals surface area contributed by atoms with E-state index in [1.54, 1.807) is 6.92 Å². The van der Waals surface area contributed by atoms with Gasteiger partial charge in [0.05, 0.1) is 11.0 Å². The highest BCUT2D eigenvalue weighted by molar-refractivity contribution is 5.91. The Morgan fingerprint density at radius 2 is 2.19 bits per heavy atom. The van der Waals surface area contributed by atoms with Gasteiger partial charge in [0.1, 0.15) is 5.69 Å². The monoisotopic (exact) mass is 224 g/mol. The summed E-state index contributed by atoms with van der Waals surface area (Å²) < 4.78 is 0. The van der Waals surface area contributed by atoms with Crippen LogP contribution in [0.25, 0.3) is 0 Å². The number of hydrogen-bond donors (Lipinski definition) is 2. The van der Waals surface area contributed by atoms with E-state index < -0.39 is 16.9 Å². The van der Waals surface area contributed by atoms with Crippen LogP contribution >= 0.6 is 0 Å². The van der Waals surface area contributed by atoms with Crippen molar-refractivity contribution in [2.24, 2.45) is 0 Å². The largest absolute Gasteiger partial charge is 0.389 e. The van der Waals surface area contributed by atoms with E-state index in [1.807, 2.05) is 0 Å². The third kappa shape index (κ3) is 2.77. The summed E-state index contributed by atoms with van der Waals surface area (Å²) in [5.74, 6) is -0.397. The Morgan fingerprint density at radius 3 is 2.62 bits per heavy atom. The van der Waals surface area contributed by atoms with Crippen LogP contribution in [-0.2, 0) is 4.79 Å². The van der Waals surface area contributed by atoms with Crippen molar-refractivity contribution in [1.29, 1.82) is 0 Å². The van der Waals surface area contributed by atoms with Gasteiger partial charge in [-0.2, -0.15) is 0 Å². The first-order chi connectivity index (χ1) is 7.41. The third-order valence-corrected chi connectivity index (χ3v) is 2.01. The Morgan fingerprint density at radius 1 is 1.56 bits per heavy atom. The van der Waals surface area contributed by atoms with Gasteiger partial charge in [-0.05, 0) is 24.6 Å². The first-order valence-corrected chi connectivity index (χ1v) is 4.66. The number of carbonyl (C=O) groups excluding carboxylic acids is 1. The molecule has 0 aliphatic carbocycles. The fraction of sp³-hybridized carbons (Fsp3) is 0.300. The molecule has 6 heteroatoms. The second-order valence-electron chi connectivity index (χ2n) is 3.39. The predicted octanol–water partition coefficient (Wildman–Crippen LogP) is 1.61. The molecule has 2 N–H and O–H groups in total. The van der Waals surface area contributed by atoms with Crippen LogP contribution in [-0.4, -0.2) is 15.9 Å². The second kappa shape index (κ2) is 4.71. The maximum Gasteiger partial charge on any atom is 0.292 e. The van der Waals surface area contributed by atoms with Crippen LogP contribution in [0.1, 0.15) is 25.5 Å². The zero-order valence-corrected chi connectivity index (χ0v) is 8.93. The fourth-order valence-corrected chi connectivity index (χ4v) is 1.26. The molecule has 0 aromatic heterocycles. The smallest absolute Gasteiger partial charge is 0.292 e. The molecule has 0 bridgehead atoms. The number of rotatable bonds is 3. The van der Waals surface area contributed by atoms with E-state index in [0.717, 1.165) is 0 Å². The van der Waals surface area contributed by atoms with Crippen molar-refractivity contribution >= 4 is 17.3 Å². The number of anilines is 1. The minimum atomic E-state index is -0.742. The van der Waals surface area contributed by atoms with Crippen molar-refractivity contribution in [2.75, 3.05) is 5.32 Å². The molecule has 0 aliphatic heterocycles. The lowest BCUT2D eigenvalue weighted by Gasteiger charge is -2.08. The molecule has 0 heterocycles. The van der Waals surface area contributed by atoms with Crippen molar-refractivity contribution in [1.82, 2.24) is 0 Å². The van der Waals surface area contributed by atoms with E-state index in [-0.39, 0.29) is 11.4 Å². The van der Waals surface area contributed by atoms with E-state index in [4.69, 9.17) is 0 Å². The Hall–Kier alpha value is -1.95. The Balaban J connectivity index is 3.20. The van der Waals surface area contributed by atoms with Crippen LogP contribution in [0.15, 0.2) is 18.2 Å². The molecule has 0 saturated heterocycles. The van der Waals surface area contributed by atoms with Crippen molar-refractivity contribution in [3.05, 3.63) is 33.9 Å². The number of benzene rings is 1. The van der Waals surface area contributed by atoms with Crippen LogP contribution in [0.3, 0.4) is 0 Å². The number of hydrogen-bond acceptors (Lipinski definition) is 4. The van der Waals surface area contributed by atoms with Gasteiger partial charge in [0.15, 0.2) is 0 Å². The van der Waals surface area contributed by atoms with Gasteiger partial charge in [-0.25, -0.2) is 0 Å². The van der Waals surface area contributed by atoms with Crippen LogP contribution in [0.4, 0.5) is 11.4 Å². The van der Waals surface area contributed by atoms with Crippen molar-refractivity contribution in [3.8, 4) is 0 Å². The van der Waals surface area contributed by atoms with Gasteiger partial charge < -0.3 is 10.4 Å². The van der Waals surface area contributed by atoms with Gasteiger partial charge in [-0.15, -0.1) is 0 Å². The lowest BCUT2D eigenvalue weighted by Crippen LogP contribution is -2.08. The van der Waals surface area contributed by atoms with Gasteiger partial charge in [0.2, 0.25) is 5.91 Å². The standard InChI is InChI=1S/C10H12N2O4/c1-6(13)8-3-4-10(12(15)16)9(5-8)11-7(2)14/h3-6,13H,1-2H3,(H,11,14). The fourth-order valence-electron chi connectivity index (χ4n) is 1.26. The number of carbonyl (C=O) groups is 1. The van der Waals surface area contributed by atoms with Gasteiger partial charge in [0, 0.05) is 13.0 Å². The van der Waals surface area contributed by atoms with E-state index in [2.05, 4.69) is 5.32 Å². The average molecular weight is 224 g/mol. The normalized spacial score (nSPS) is 11.9. The SMILES string of the molecule is CC(=O)Nc1cc(C(C)O)ccc1[N+](=O)[O-]. The molecule has 86 valence electrons. The molecule has 1 unspecified atom stereocenters. The zero-order chi connectivity index (χ0) is 12.3. The average Bonchev–Trinajstić information content (AvgIpc) is 2.15. The lowest BCUT2D eigenvalue weighted by molar-refractivity contribution is -0.383. The first-order valence-electron chi connectivity index (χ1n) is 4.66. The number of aliphatic hydroxyl groups excluding tert-OH is 1. The summed E-state index contributed by atoms with van der Waals surface area (Å²) in [6.07, 6.45) is -0.742. The number of aliphatic hydroxyl groups is 1. The zero-order valence-electron chi connectivity index (χ0n) is 8.93. The molecule has 16 heavy (non-hydrogen) atoms. The molecular weight excluding hydrogens is 212 g/mol. The summed E-state index contributed by atoms with van der Waals surface area (Å²) in [6.45, 7) is 2.80. The van der Waals surface area contributed by atoms with Crippen LogP contribution in [0.2, 0.25) is 0 Å². The summed E-state index contributed by atoms with van der Waals surface area (Å²) in [6, 6.07) is 4.10. The Bertz CT molecular complexity index is 429. The summed E-state index contributed by atoms with van der Waals surface area (Å²) in [5.41, 5.74) is 0.407. The number of nitro benzene ring substituents is 1. The molecular formula is C10H12N2O4. The molecule has 1 amide bonds. The molecule has 1 rings (SSSR count). The second-order valence-corrected chi connectivity index (χ2v) is 3.39. The maximum atomic E-state index is 10.9. The molecule has 1 aromatic carbocycles. The molecule has 0 saturated carbocycles. The van der Waals surface area contributed by atoms with E-state index in [0.29, 0.717) is 5.56 Å².